The first-order chi connectivity index (χ1) is 13.1. The second kappa shape index (κ2) is 7.40. The number of para-hydroxylation sites is 1. The van der Waals surface area contributed by atoms with Crippen molar-refractivity contribution in [2.24, 2.45) is 0 Å². The zero-order chi connectivity index (χ0) is 18.8. The third-order valence-electron chi connectivity index (χ3n) is 4.48. The van der Waals surface area contributed by atoms with E-state index in [2.05, 4.69) is 27.6 Å². The highest BCUT2D eigenvalue weighted by molar-refractivity contribution is 7.99. The number of hydrogen-bond acceptors (Lipinski definition) is 4. The Morgan fingerprint density at radius 3 is 2.81 bits per heavy atom. The lowest BCUT2D eigenvalue weighted by Gasteiger charge is -2.09. The molecule has 0 atom stereocenters. The van der Waals surface area contributed by atoms with E-state index < -0.39 is 0 Å². The fourth-order valence-corrected chi connectivity index (χ4v) is 3.91. The van der Waals surface area contributed by atoms with Gasteiger partial charge < -0.3 is 5.32 Å². The van der Waals surface area contributed by atoms with Crippen molar-refractivity contribution in [3.8, 4) is 0 Å². The summed E-state index contributed by atoms with van der Waals surface area (Å²) in [5, 5.41) is 13.5. The van der Waals surface area contributed by atoms with Gasteiger partial charge in [-0.1, -0.05) is 42.1 Å². The number of hydrogen-bond donors (Lipinski definition) is 1. The van der Waals surface area contributed by atoms with Gasteiger partial charge in [0.25, 0.3) is 0 Å². The summed E-state index contributed by atoms with van der Waals surface area (Å²) in [6.45, 7) is 4.02. The van der Waals surface area contributed by atoms with Crippen LogP contribution in [0.4, 0.5) is 5.69 Å². The highest BCUT2D eigenvalue weighted by atomic mass is 32.2. The number of pyridine rings is 1. The Kier molecular flexibility index (Phi) is 4.81. The third kappa shape index (κ3) is 3.66. The Hall–Kier alpha value is -2.86. The summed E-state index contributed by atoms with van der Waals surface area (Å²) in [5.41, 5.74) is 4.96. The predicted molar refractivity (Wildman–Crippen MR) is 110 cm³/mol. The number of anilines is 1. The lowest BCUT2D eigenvalue weighted by Crippen LogP contribution is -2.13. The van der Waals surface area contributed by atoms with Crippen molar-refractivity contribution in [1.29, 1.82) is 0 Å². The van der Waals surface area contributed by atoms with Crippen LogP contribution in [0.1, 0.15) is 17.5 Å². The number of thioether (sulfide) groups is 1. The Balaban J connectivity index is 1.45. The topological polar surface area (TPSA) is 59.3 Å². The maximum absolute atomic E-state index is 12.3. The van der Waals surface area contributed by atoms with Crippen molar-refractivity contribution < 1.29 is 4.79 Å². The van der Waals surface area contributed by atoms with Gasteiger partial charge in [0.05, 0.1) is 5.52 Å². The van der Waals surface area contributed by atoms with Gasteiger partial charge in [0.2, 0.25) is 5.91 Å². The number of aryl methyl sites for hydroxylation is 2. The molecule has 1 amide bonds. The van der Waals surface area contributed by atoms with E-state index in [0.717, 1.165) is 38.5 Å². The molecule has 0 aliphatic heterocycles. The van der Waals surface area contributed by atoms with Gasteiger partial charge in [-0.2, -0.15) is 0 Å². The summed E-state index contributed by atoms with van der Waals surface area (Å²) in [6.07, 6.45) is 0.414. The largest absolute Gasteiger partial charge is 0.326 e. The molecule has 4 rings (SSSR count). The van der Waals surface area contributed by atoms with Crippen molar-refractivity contribution >= 4 is 39.9 Å². The summed E-state index contributed by atoms with van der Waals surface area (Å²) in [5.74, 6) is 0.649. The van der Waals surface area contributed by atoms with Crippen molar-refractivity contribution in [3.05, 3.63) is 65.7 Å². The molecule has 2 heterocycles. The lowest BCUT2D eigenvalue weighted by atomic mass is 10.1. The first-order valence-corrected chi connectivity index (χ1v) is 9.83. The van der Waals surface area contributed by atoms with E-state index in [-0.39, 0.29) is 5.91 Å². The number of benzene rings is 2. The molecule has 0 aliphatic rings. The second-order valence-electron chi connectivity index (χ2n) is 6.53. The molecule has 4 aromatic rings. The number of carbonyl (C=O) groups excluding carboxylic acids is 1. The molecular formula is C21H20N4OS. The zero-order valence-electron chi connectivity index (χ0n) is 15.3. The summed E-state index contributed by atoms with van der Waals surface area (Å²) in [6, 6.07) is 18.2. The summed E-state index contributed by atoms with van der Waals surface area (Å²) < 4.78 is 2.04. The van der Waals surface area contributed by atoms with E-state index in [1.165, 1.54) is 0 Å². The number of aromatic nitrogens is 3. The van der Waals surface area contributed by atoms with Gasteiger partial charge in [-0.15, -0.1) is 10.2 Å². The lowest BCUT2D eigenvalue weighted by molar-refractivity contribution is -0.115. The monoisotopic (exact) mass is 376 g/mol. The standard InChI is InChI=1S/C21H20N4OS/c1-14-7-8-15(2)17(13-14)22-20(26)11-12-27-21-24-23-19-10-9-16-5-3-4-6-18(16)25(19)21/h3-10,13H,11-12H2,1-2H3,(H,22,26). The number of nitrogens with zero attached hydrogens (tertiary/aromatic N) is 3. The van der Waals surface area contributed by atoms with Gasteiger partial charge in [0.1, 0.15) is 0 Å². The Morgan fingerprint density at radius 2 is 1.93 bits per heavy atom. The molecule has 2 aromatic heterocycles. The smallest absolute Gasteiger partial charge is 0.225 e. The molecule has 0 fully saturated rings. The van der Waals surface area contributed by atoms with Crippen LogP contribution in [0.2, 0.25) is 0 Å². The van der Waals surface area contributed by atoms with E-state index in [0.29, 0.717) is 12.2 Å². The summed E-state index contributed by atoms with van der Waals surface area (Å²) in [4.78, 5) is 12.3. The molecule has 0 unspecified atom stereocenters. The van der Waals surface area contributed by atoms with Crippen LogP contribution < -0.4 is 5.32 Å². The van der Waals surface area contributed by atoms with Crippen LogP contribution in [0.3, 0.4) is 0 Å². The fourth-order valence-electron chi connectivity index (χ4n) is 3.02. The van der Waals surface area contributed by atoms with Crippen LogP contribution in [0.5, 0.6) is 0 Å². The number of rotatable bonds is 5. The number of fused-ring (bicyclic) bond motifs is 3. The molecular weight excluding hydrogens is 356 g/mol. The molecule has 0 saturated heterocycles. The van der Waals surface area contributed by atoms with Crippen molar-refractivity contribution in [2.45, 2.75) is 25.4 Å². The quantitative estimate of drug-likeness (QED) is 0.516. The molecule has 6 heteroatoms. The van der Waals surface area contributed by atoms with Gasteiger partial charge in [0.15, 0.2) is 10.8 Å². The molecule has 136 valence electrons. The average Bonchev–Trinajstić information content (AvgIpc) is 3.08. The van der Waals surface area contributed by atoms with Crippen LogP contribution >= 0.6 is 11.8 Å². The average molecular weight is 376 g/mol. The molecule has 1 N–H and O–H groups in total. The minimum Gasteiger partial charge on any atom is -0.326 e. The zero-order valence-corrected chi connectivity index (χ0v) is 16.1. The molecule has 0 aliphatic carbocycles. The Bertz CT molecular complexity index is 1140. The molecule has 27 heavy (non-hydrogen) atoms. The van der Waals surface area contributed by atoms with Gasteiger partial charge in [-0.25, -0.2) is 0 Å². The maximum Gasteiger partial charge on any atom is 0.225 e. The van der Waals surface area contributed by atoms with Crippen molar-refractivity contribution in [2.75, 3.05) is 11.1 Å². The highest BCUT2D eigenvalue weighted by Crippen LogP contribution is 2.24. The summed E-state index contributed by atoms with van der Waals surface area (Å²) >= 11 is 1.55. The third-order valence-corrected chi connectivity index (χ3v) is 5.41. The summed E-state index contributed by atoms with van der Waals surface area (Å²) in [7, 11) is 0. The van der Waals surface area contributed by atoms with Crippen molar-refractivity contribution in [1.82, 2.24) is 14.6 Å². The molecule has 0 radical (unpaired) electrons. The first-order valence-electron chi connectivity index (χ1n) is 8.84. The first kappa shape index (κ1) is 17.5. The molecule has 5 nitrogen and oxygen atoms in total. The van der Waals surface area contributed by atoms with E-state index in [1.807, 2.05) is 60.7 Å². The molecule has 0 spiro atoms. The van der Waals surface area contributed by atoms with Crippen LogP contribution in [-0.4, -0.2) is 26.3 Å². The fraction of sp³-hybridized carbons (Fsp3) is 0.190. The van der Waals surface area contributed by atoms with Crippen LogP contribution in [0.25, 0.3) is 16.6 Å². The molecule has 2 aromatic carbocycles. The van der Waals surface area contributed by atoms with Gasteiger partial charge >= 0.3 is 0 Å². The van der Waals surface area contributed by atoms with Crippen molar-refractivity contribution in [3.63, 3.8) is 0 Å². The van der Waals surface area contributed by atoms with Gasteiger partial charge in [-0.3, -0.25) is 9.20 Å². The number of nitrogens with one attached hydrogen (secondary N) is 1. The Labute approximate surface area is 161 Å². The molecule has 0 saturated carbocycles. The second-order valence-corrected chi connectivity index (χ2v) is 7.60. The van der Waals surface area contributed by atoms with Crippen LogP contribution in [0.15, 0.2) is 59.8 Å². The minimum atomic E-state index is 0.00915. The van der Waals surface area contributed by atoms with Gasteiger partial charge in [0, 0.05) is 17.9 Å². The highest BCUT2D eigenvalue weighted by Gasteiger charge is 2.11. The van der Waals surface area contributed by atoms with E-state index >= 15 is 0 Å². The molecule has 0 bridgehead atoms. The van der Waals surface area contributed by atoms with Crippen LogP contribution in [-0.2, 0) is 4.79 Å². The number of amides is 1. The van der Waals surface area contributed by atoms with Gasteiger partial charge in [-0.05, 0) is 54.6 Å². The van der Waals surface area contributed by atoms with E-state index in [9.17, 15) is 4.79 Å². The van der Waals surface area contributed by atoms with E-state index in [4.69, 9.17) is 0 Å². The maximum atomic E-state index is 12.3. The predicted octanol–water partition coefficient (Wildman–Crippen LogP) is 4.62. The van der Waals surface area contributed by atoms with E-state index in [1.54, 1.807) is 11.8 Å². The normalized spacial score (nSPS) is 11.2. The van der Waals surface area contributed by atoms with Crippen LogP contribution in [0, 0.1) is 13.8 Å². The Morgan fingerprint density at radius 1 is 1.07 bits per heavy atom. The minimum absolute atomic E-state index is 0.00915. The SMILES string of the molecule is Cc1ccc(C)c(NC(=O)CCSc2nnc3ccc4ccccc4n23)c1. The number of carbonyl (C=O) groups is 1.